The molecule has 0 aromatic heterocycles. The third kappa shape index (κ3) is 0.906. The zero-order valence-corrected chi connectivity index (χ0v) is 7.65. The van der Waals surface area contributed by atoms with Gasteiger partial charge in [-0.05, 0) is 13.8 Å². The number of aliphatic imine (C=N–C) groups is 2. The van der Waals surface area contributed by atoms with Crippen molar-refractivity contribution in [2.75, 3.05) is 7.05 Å². The number of likely N-dealkylation sites (N-methyl/N-ethyl adjacent to an activating group) is 1. The summed E-state index contributed by atoms with van der Waals surface area (Å²) in [7, 11) is 2.01. The highest BCUT2D eigenvalue weighted by molar-refractivity contribution is 5.64. The van der Waals surface area contributed by atoms with Gasteiger partial charge in [0, 0.05) is 7.05 Å². The van der Waals surface area contributed by atoms with E-state index in [0.29, 0.717) is 0 Å². The largest absolute Gasteiger partial charge is 0.369 e. The average Bonchev–Trinajstić information content (AvgIpc) is 2.33. The van der Waals surface area contributed by atoms with Gasteiger partial charge < -0.3 is 10.2 Å². The van der Waals surface area contributed by atoms with Crippen molar-refractivity contribution in [3.63, 3.8) is 0 Å². The van der Waals surface area contributed by atoms with Crippen LogP contribution in [0.1, 0.15) is 13.8 Å². The summed E-state index contributed by atoms with van der Waals surface area (Å²) in [4.78, 5) is 10.8. The van der Waals surface area contributed by atoms with Crippen LogP contribution in [0.15, 0.2) is 9.98 Å². The molecule has 2 heterocycles. The van der Waals surface area contributed by atoms with Crippen LogP contribution in [0.25, 0.3) is 0 Å². The maximum atomic E-state index is 4.42. The normalized spacial score (nSPS) is 36.4. The molecule has 12 heavy (non-hydrogen) atoms. The molecule has 1 N–H and O–H groups in total. The number of fused-ring (bicyclic) bond motifs is 1. The van der Waals surface area contributed by atoms with Gasteiger partial charge in [-0.1, -0.05) is 0 Å². The Morgan fingerprint density at radius 1 is 1.42 bits per heavy atom. The van der Waals surface area contributed by atoms with Crippen LogP contribution in [-0.4, -0.2) is 42.4 Å². The molecule has 66 valence electrons. The molecular formula is C8H14N4. The van der Waals surface area contributed by atoms with E-state index in [-0.39, 0.29) is 17.7 Å². The van der Waals surface area contributed by atoms with Gasteiger partial charge in [0.15, 0.2) is 0 Å². The van der Waals surface area contributed by atoms with Gasteiger partial charge in [0.05, 0.1) is 18.2 Å². The molecule has 0 amide bonds. The Morgan fingerprint density at radius 2 is 2.17 bits per heavy atom. The molecule has 4 heteroatoms. The first-order valence-corrected chi connectivity index (χ1v) is 4.16. The maximum absolute atomic E-state index is 4.42. The molecule has 0 aliphatic carbocycles. The molecule has 0 fully saturated rings. The molecule has 4 nitrogen and oxygen atoms in total. The van der Waals surface area contributed by atoms with Gasteiger partial charge in [-0.3, -0.25) is 4.99 Å². The molecule has 0 saturated heterocycles. The number of hydrogen-bond acceptors (Lipinski definition) is 4. The Balaban J connectivity index is 2.30. The summed E-state index contributed by atoms with van der Waals surface area (Å²) in [5, 5.41) is 3.22. The predicted octanol–water partition coefficient (Wildman–Crippen LogP) is 0.0649. The summed E-state index contributed by atoms with van der Waals surface area (Å²) in [6, 6.07) is 0.243. The van der Waals surface area contributed by atoms with Crippen molar-refractivity contribution in [2.24, 2.45) is 9.98 Å². The van der Waals surface area contributed by atoms with Crippen LogP contribution < -0.4 is 5.32 Å². The van der Waals surface area contributed by atoms with E-state index in [0.717, 1.165) is 0 Å². The van der Waals surface area contributed by atoms with Gasteiger partial charge in [-0.2, -0.15) is 0 Å². The van der Waals surface area contributed by atoms with E-state index in [9.17, 15) is 0 Å². The molecule has 0 aromatic carbocycles. The lowest BCUT2D eigenvalue weighted by Gasteiger charge is -2.37. The third-order valence-electron chi connectivity index (χ3n) is 2.51. The SMILES string of the molecule is CN1C=NC2C1N=CNC2(C)C. The van der Waals surface area contributed by atoms with Gasteiger partial charge in [0.25, 0.3) is 0 Å². The van der Waals surface area contributed by atoms with Crippen LogP contribution in [0.4, 0.5) is 0 Å². The minimum Gasteiger partial charge on any atom is -0.369 e. The molecule has 2 aliphatic heterocycles. The van der Waals surface area contributed by atoms with Crippen molar-refractivity contribution in [2.45, 2.75) is 31.6 Å². The fourth-order valence-corrected chi connectivity index (χ4v) is 1.66. The Kier molecular flexibility index (Phi) is 1.40. The summed E-state index contributed by atoms with van der Waals surface area (Å²) in [6.45, 7) is 4.29. The van der Waals surface area contributed by atoms with Crippen LogP contribution in [0, 0.1) is 0 Å². The first kappa shape index (κ1) is 7.58. The molecule has 0 radical (unpaired) electrons. The molecule has 2 unspecified atom stereocenters. The lowest BCUT2D eigenvalue weighted by Crippen LogP contribution is -2.56. The highest BCUT2D eigenvalue weighted by Gasteiger charge is 2.41. The van der Waals surface area contributed by atoms with Crippen molar-refractivity contribution in [3.8, 4) is 0 Å². The summed E-state index contributed by atoms with van der Waals surface area (Å²) in [6.07, 6.45) is 3.84. The summed E-state index contributed by atoms with van der Waals surface area (Å²) < 4.78 is 0. The second-order valence-electron chi connectivity index (χ2n) is 3.93. The van der Waals surface area contributed by atoms with Crippen molar-refractivity contribution < 1.29 is 0 Å². The predicted molar refractivity (Wildman–Crippen MR) is 49.5 cm³/mol. The van der Waals surface area contributed by atoms with Crippen LogP contribution in [-0.2, 0) is 0 Å². The molecule has 0 saturated carbocycles. The molecule has 2 rings (SSSR count). The Morgan fingerprint density at radius 3 is 2.83 bits per heavy atom. The summed E-state index contributed by atoms with van der Waals surface area (Å²) >= 11 is 0. The Hall–Kier alpha value is -1.06. The molecule has 0 spiro atoms. The van der Waals surface area contributed by atoms with Crippen molar-refractivity contribution in [1.82, 2.24) is 10.2 Å². The van der Waals surface area contributed by atoms with E-state index in [1.807, 2.05) is 18.3 Å². The molecular weight excluding hydrogens is 152 g/mol. The quantitative estimate of drug-likeness (QED) is 0.553. The number of rotatable bonds is 0. The Bertz CT molecular complexity index is 243. The van der Waals surface area contributed by atoms with Gasteiger partial charge in [0.2, 0.25) is 0 Å². The number of nitrogens with zero attached hydrogens (tertiary/aromatic N) is 3. The van der Waals surface area contributed by atoms with Crippen molar-refractivity contribution >= 4 is 12.7 Å². The van der Waals surface area contributed by atoms with E-state index in [4.69, 9.17) is 0 Å². The fraction of sp³-hybridized carbons (Fsp3) is 0.750. The van der Waals surface area contributed by atoms with Crippen molar-refractivity contribution in [3.05, 3.63) is 0 Å². The molecule has 0 bridgehead atoms. The van der Waals surface area contributed by atoms with Crippen molar-refractivity contribution in [1.29, 1.82) is 0 Å². The number of nitrogens with one attached hydrogen (secondary N) is 1. The molecule has 0 aromatic rings. The first-order chi connectivity index (χ1) is 5.61. The molecule has 2 atom stereocenters. The van der Waals surface area contributed by atoms with E-state index in [1.165, 1.54) is 0 Å². The van der Waals surface area contributed by atoms with Crippen LogP contribution in [0.5, 0.6) is 0 Å². The highest BCUT2D eigenvalue weighted by atomic mass is 15.3. The second-order valence-corrected chi connectivity index (χ2v) is 3.93. The van der Waals surface area contributed by atoms with Gasteiger partial charge in [-0.25, -0.2) is 4.99 Å². The maximum Gasteiger partial charge on any atom is 0.148 e. The summed E-state index contributed by atoms with van der Waals surface area (Å²) in [5.74, 6) is 0. The van der Waals surface area contributed by atoms with E-state index >= 15 is 0 Å². The van der Waals surface area contributed by atoms with Crippen LogP contribution in [0.3, 0.4) is 0 Å². The minimum absolute atomic E-state index is 0.0215. The second kappa shape index (κ2) is 2.21. The Labute approximate surface area is 72.4 Å². The smallest absolute Gasteiger partial charge is 0.148 e. The van der Waals surface area contributed by atoms with E-state index < -0.39 is 0 Å². The topological polar surface area (TPSA) is 40.0 Å². The fourth-order valence-electron chi connectivity index (χ4n) is 1.66. The van der Waals surface area contributed by atoms with E-state index in [1.54, 1.807) is 6.34 Å². The number of hydrogen-bond donors (Lipinski definition) is 1. The minimum atomic E-state index is 0.0215. The van der Waals surface area contributed by atoms with Crippen LogP contribution in [0.2, 0.25) is 0 Å². The standard InChI is InChI=1S/C8H14N4/c1-8(2)6-7(9-4-11-8)12(3)5-10-6/h4-7H,1-3H3,(H,9,11). The third-order valence-corrected chi connectivity index (χ3v) is 2.51. The average molecular weight is 166 g/mol. The first-order valence-electron chi connectivity index (χ1n) is 4.16. The lowest BCUT2D eigenvalue weighted by molar-refractivity contribution is 0.256. The zero-order valence-electron chi connectivity index (χ0n) is 7.65. The van der Waals surface area contributed by atoms with Gasteiger partial charge >= 0.3 is 0 Å². The van der Waals surface area contributed by atoms with E-state index in [2.05, 4.69) is 29.1 Å². The zero-order chi connectivity index (χ0) is 8.77. The lowest BCUT2D eigenvalue weighted by atomic mass is 9.92. The monoisotopic (exact) mass is 166 g/mol. The molecule has 2 aliphatic rings. The summed E-state index contributed by atoms with van der Waals surface area (Å²) in [5.41, 5.74) is 0.0215. The van der Waals surface area contributed by atoms with Gasteiger partial charge in [0.1, 0.15) is 12.2 Å². The van der Waals surface area contributed by atoms with Gasteiger partial charge in [-0.15, -0.1) is 0 Å². The van der Waals surface area contributed by atoms with Crippen LogP contribution >= 0.6 is 0 Å². The highest BCUT2D eigenvalue weighted by Crippen LogP contribution is 2.25.